The molecule has 0 heterocycles. The van der Waals surface area contributed by atoms with Gasteiger partial charge >= 0.3 is 0 Å². The van der Waals surface area contributed by atoms with Gasteiger partial charge in [0.1, 0.15) is 5.82 Å². The van der Waals surface area contributed by atoms with Crippen LogP contribution in [-0.2, 0) is 9.47 Å². The van der Waals surface area contributed by atoms with Crippen LogP contribution in [-0.4, -0.2) is 51.5 Å². The summed E-state index contributed by atoms with van der Waals surface area (Å²) in [6.07, 6.45) is 0. The Hall–Kier alpha value is -1.01. The predicted octanol–water partition coefficient (Wildman–Crippen LogP) is 2.12. The molecule has 1 aromatic carbocycles. The fourth-order valence-corrected chi connectivity index (χ4v) is 2.67. The third kappa shape index (κ3) is 5.04. The Morgan fingerprint density at radius 3 is 2.52 bits per heavy atom. The molecule has 21 heavy (non-hydrogen) atoms. The Balaban J connectivity index is 3.04. The molecule has 0 saturated carbocycles. The number of nitrogens with two attached hydrogens (primary N) is 1. The van der Waals surface area contributed by atoms with E-state index in [4.69, 9.17) is 15.2 Å². The van der Waals surface area contributed by atoms with E-state index in [1.54, 1.807) is 20.3 Å². The molecule has 0 amide bonds. The second-order valence-electron chi connectivity index (χ2n) is 5.29. The molecule has 0 aliphatic heterocycles. The molecule has 0 fully saturated rings. The molecule has 0 radical (unpaired) electrons. The zero-order valence-electron chi connectivity index (χ0n) is 13.4. The Morgan fingerprint density at radius 1 is 1.29 bits per heavy atom. The zero-order chi connectivity index (χ0) is 15.8. The van der Waals surface area contributed by atoms with E-state index in [-0.39, 0.29) is 17.9 Å². The van der Waals surface area contributed by atoms with Gasteiger partial charge in [0.2, 0.25) is 0 Å². The van der Waals surface area contributed by atoms with Crippen LogP contribution in [0.2, 0.25) is 0 Å². The van der Waals surface area contributed by atoms with Crippen molar-refractivity contribution < 1.29 is 13.9 Å². The summed E-state index contributed by atoms with van der Waals surface area (Å²) < 4.78 is 23.8. The van der Waals surface area contributed by atoms with E-state index < -0.39 is 0 Å². The molecule has 120 valence electrons. The summed E-state index contributed by atoms with van der Waals surface area (Å²) in [5.41, 5.74) is 7.97. The van der Waals surface area contributed by atoms with E-state index in [0.29, 0.717) is 19.8 Å². The fraction of sp³-hybridized carbons (Fsp3) is 0.625. The molecule has 1 rings (SSSR count). The number of methoxy groups -OCH3 is 2. The SMILES string of the molecule is COCCN(C(C)COC)C(CN)c1ccc(F)cc1C. The highest BCUT2D eigenvalue weighted by Gasteiger charge is 2.25. The summed E-state index contributed by atoms with van der Waals surface area (Å²) in [6.45, 7) is 6.45. The van der Waals surface area contributed by atoms with Gasteiger partial charge in [-0.3, -0.25) is 4.90 Å². The van der Waals surface area contributed by atoms with Crippen LogP contribution in [0.15, 0.2) is 18.2 Å². The first kappa shape index (κ1) is 18.0. The average molecular weight is 298 g/mol. The predicted molar refractivity (Wildman–Crippen MR) is 82.9 cm³/mol. The van der Waals surface area contributed by atoms with Crippen LogP contribution >= 0.6 is 0 Å². The number of aryl methyl sites for hydroxylation is 1. The number of ether oxygens (including phenoxy) is 2. The van der Waals surface area contributed by atoms with Crippen molar-refractivity contribution in [3.8, 4) is 0 Å². The van der Waals surface area contributed by atoms with Gasteiger partial charge in [-0.05, 0) is 37.1 Å². The molecule has 0 aliphatic carbocycles. The average Bonchev–Trinajstić information content (AvgIpc) is 2.45. The standard InChI is InChI=1S/C16H27FN2O2/c1-12-9-14(17)5-6-15(12)16(10-18)19(7-8-20-3)13(2)11-21-4/h5-6,9,13,16H,7-8,10-11,18H2,1-4H3. The summed E-state index contributed by atoms with van der Waals surface area (Å²) in [7, 11) is 3.37. The summed E-state index contributed by atoms with van der Waals surface area (Å²) in [5.74, 6) is -0.222. The van der Waals surface area contributed by atoms with Crippen molar-refractivity contribution in [1.82, 2.24) is 4.90 Å². The fourth-order valence-electron chi connectivity index (χ4n) is 2.67. The lowest BCUT2D eigenvalue weighted by Gasteiger charge is -2.36. The molecule has 2 atom stereocenters. The molecule has 0 spiro atoms. The van der Waals surface area contributed by atoms with Gasteiger partial charge in [0, 0.05) is 39.4 Å². The molecule has 4 nitrogen and oxygen atoms in total. The number of benzene rings is 1. The highest BCUT2D eigenvalue weighted by molar-refractivity contribution is 5.30. The van der Waals surface area contributed by atoms with Crippen LogP contribution in [0.4, 0.5) is 4.39 Å². The summed E-state index contributed by atoms with van der Waals surface area (Å²) in [6, 6.07) is 5.07. The minimum Gasteiger partial charge on any atom is -0.383 e. The van der Waals surface area contributed by atoms with Crippen LogP contribution in [0.3, 0.4) is 0 Å². The lowest BCUT2D eigenvalue weighted by atomic mass is 9.98. The largest absolute Gasteiger partial charge is 0.383 e. The summed E-state index contributed by atoms with van der Waals surface area (Å²) in [4.78, 5) is 2.26. The van der Waals surface area contributed by atoms with Gasteiger partial charge in [-0.2, -0.15) is 0 Å². The normalized spacial score (nSPS) is 14.4. The van der Waals surface area contributed by atoms with Gasteiger partial charge in [0.25, 0.3) is 0 Å². The lowest BCUT2D eigenvalue weighted by molar-refractivity contribution is 0.0485. The Kier molecular flexibility index (Phi) is 7.82. The maximum absolute atomic E-state index is 13.3. The Labute approximate surface area is 127 Å². The molecule has 0 aliphatic rings. The van der Waals surface area contributed by atoms with Crippen molar-refractivity contribution >= 4 is 0 Å². The smallest absolute Gasteiger partial charge is 0.123 e. The van der Waals surface area contributed by atoms with Crippen LogP contribution in [0.5, 0.6) is 0 Å². The molecular weight excluding hydrogens is 271 g/mol. The van der Waals surface area contributed by atoms with Crippen LogP contribution in [0.25, 0.3) is 0 Å². The van der Waals surface area contributed by atoms with Gasteiger partial charge in [-0.25, -0.2) is 4.39 Å². The van der Waals surface area contributed by atoms with Gasteiger partial charge in [-0.1, -0.05) is 6.07 Å². The third-order valence-corrected chi connectivity index (χ3v) is 3.74. The molecule has 0 aromatic heterocycles. The first-order valence-electron chi connectivity index (χ1n) is 7.24. The summed E-state index contributed by atoms with van der Waals surface area (Å²) >= 11 is 0. The minimum atomic E-state index is -0.222. The number of hydrogen-bond acceptors (Lipinski definition) is 4. The van der Waals surface area contributed by atoms with E-state index in [9.17, 15) is 4.39 Å². The number of rotatable bonds is 9. The first-order chi connectivity index (χ1) is 10.0. The molecule has 2 unspecified atom stereocenters. The number of hydrogen-bond donors (Lipinski definition) is 1. The first-order valence-corrected chi connectivity index (χ1v) is 7.24. The third-order valence-electron chi connectivity index (χ3n) is 3.74. The van der Waals surface area contributed by atoms with Crippen molar-refractivity contribution in [3.63, 3.8) is 0 Å². The molecule has 2 N–H and O–H groups in total. The van der Waals surface area contributed by atoms with E-state index in [1.807, 2.05) is 13.0 Å². The van der Waals surface area contributed by atoms with Crippen molar-refractivity contribution in [2.75, 3.05) is 40.5 Å². The quantitative estimate of drug-likeness (QED) is 0.758. The van der Waals surface area contributed by atoms with Crippen LogP contribution in [0.1, 0.15) is 24.1 Å². The Morgan fingerprint density at radius 2 is 2.00 bits per heavy atom. The van der Waals surface area contributed by atoms with Gasteiger partial charge < -0.3 is 15.2 Å². The molecular formula is C16H27FN2O2. The van der Waals surface area contributed by atoms with Crippen LogP contribution in [0, 0.1) is 12.7 Å². The van der Waals surface area contributed by atoms with E-state index >= 15 is 0 Å². The maximum Gasteiger partial charge on any atom is 0.123 e. The zero-order valence-corrected chi connectivity index (χ0v) is 13.4. The van der Waals surface area contributed by atoms with Crippen molar-refractivity contribution in [2.24, 2.45) is 5.73 Å². The van der Waals surface area contributed by atoms with Crippen molar-refractivity contribution in [2.45, 2.75) is 25.9 Å². The second kappa shape index (κ2) is 9.10. The van der Waals surface area contributed by atoms with E-state index in [1.165, 1.54) is 6.07 Å². The van der Waals surface area contributed by atoms with Gasteiger partial charge in [0.15, 0.2) is 0 Å². The second-order valence-corrected chi connectivity index (χ2v) is 5.29. The molecule has 0 saturated heterocycles. The number of halogens is 1. The molecule has 1 aromatic rings. The highest BCUT2D eigenvalue weighted by atomic mass is 19.1. The van der Waals surface area contributed by atoms with E-state index in [2.05, 4.69) is 11.8 Å². The number of nitrogens with zero attached hydrogens (tertiary/aromatic N) is 1. The summed E-state index contributed by atoms with van der Waals surface area (Å²) in [5, 5.41) is 0. The van der Waals surface area contributed by atoms with E-state index in [0.717, 1.165) is 17.7 Å². The van der Waals surface area contributed by atoms with Crippen LogP contribution < -0.4 is 5.73 Å². The van der Waals surface area contributed by atoms with Crippen molar-refractivity contribution in [1.29, 1.82) is 0 Å². The lowest BCUT2D eigenvalue weighted by Crippen LogP contribution is -2.44. The van der Waals surface area contributed by atoms with Gasteiger partial charge in [0.05, 0.1) is 13.2 Å². The Bertz CT molecular complexity index is 429. The molecule has 5 heteroatoms. The minimum absolute atomic E-state index is 0.0194. The molecule has 0 bridgehead atoms. The monoisotopic (exact) mass is 298 g/mol. The highest BCUT2D eigenvalue weighted by Crippen LogP contribution is 2.25. The topological polar surface area (TPSA) is 47.7 Å². The van der Waals surface area contributed by atoms with Gasteiger partial charge in [-0.15, -0.1) is 0 Å². The maximum atomic E-state index is 13.3. The van der Waals surface area contributed by atoms with Crippen molar-refractivity contribution in [3.05, 3.63) is 35.1 Å².